The van der Waals surface area contributed by atoms with E-state index >= 15 is 0 Å². The van der Waals surface area contributed by atoms with Crippen molar-refractivity contribution in [2.45, 2.75) is 13.1 Å². The molecule has 0 saturated carbocycles. The summed E-state index contributed by atoms with van der Waals surface area (Å²) < 4.78 is 54.9. The number of methoxy groups -OCH3 is 1. The fourth-order valence-electron chi connectivity index (χ4n) is 3.90. The smallest absolute Gasteiger partial charge is 0.416 e. The molecule has 1 aromatic heterocycles. The summed E-state index contributed by atoms with van der Waals surface area (Å²) in [6.45, 7) is 2.60. The number of carbonyl (C=O) groups is 2. The highest BCUT2D eigenvalue weighted by Crippen LogP contribution is 2.32. The number of hydrogen-bond acceptors (Lipinski definition) is 6. The maximum atomic E-state index is 13.0. The van der Waals surface area contributed by atoms with Gasteiger partial charge in [0.2, 0.25) is 5.76 Å². The molecule has 0 bridgehead atoms. The van der Waals surface area contributed by atoms with Crippen molar-refractivity contribution in [3.63, 3.8) is 0 Å². The van der Waals surface area contributed by atoms with E-state index in [0.29, 0.717) is 54.1 Å². The zero-order chi connectivity index (χ0) is 24.5. The zero-order valence-electron chi connectivity index (χ0n) is 18.6. The Bertz CT molecular complexity index is 1210. The molecule has 1 aliphatic rings. The number of rotatable bonds is 5. The first-order valence-corrected chi connectivity index (χ1v) is 10.6. The third-order valence-electron chi connectivity index (χ3n) is 5.83. The lowest BCUT2D eigenvalue weighted by Gasteiger charge is -2.36. The molecular formula is C24H23F3N2O5. The van der Waals surface area contributed by atoms with Gasteiger partial charge in [-0.25, -0.2) is 4.79 Å². The van der Waals surface area contributed by atoms with Crippen molar-refractivity contribution in [1.29, 1.82) is 0 Å². The number of halogens is 3. The number of alkyl halides is 3. The van der Waals surface area contributed by atoms with Crippen LogP contribution in [0.1, 0.15) is 21.7 Å². The van der Waals surface area contributed by atoms with Crippen LogP contribution in [0.2, 0.25) is 0 Å². The van der Waals surface area contributed by atoms with Crippen LogP contribution in [0, 0.1) is 6.92 Å². The van der Waals surface area contributed by atoms with E-state index in [0.717, 1.165) is 12.1 Å². The number of aryl methyl sites for hydroxylation is 1. The predicted molar refractivity (Wildman–Crippen MR) is 118 cm³/mol. The number of nitrogens with zero attached hydrogens (tertiary/aromatic N) is 2. The second kappa shape index (κ2) is 9.28. The van der Waals surface area contributed by atoms with Crippen LogP contribution in [-0.4, -0.2) is 56.7 Å². The number of ether oxygens (including phenoxy) is 2. The first kappa shape index (κ1) is 23.5. The lowest BCUT2D eigenvalue weighted by atomic mass is 10.1. The van der Waals surface area contributed by atoms with Crippen molar-refractivity contribution in [3.8, 4) is 5.75 Å². The minimum absolute atomic E-state index is 0.0189. The Kier molecular flexibility index (Phi) is 6.41. The second-order valence-electron chi connectivity index (χ2n) is 7.91. The first-order chi connectivity index (χ1) is 16.2. The van der Waals surface area contributed by atoms with Gasteiger partial charge in [-0.15, -0.1) is 0 Å². The third kappa shape index (κ3) is 4.80. The fourth-order valence-corrected chi connectivity index (χ4v) is 3.90. The molecule has 2 heterocycles. The van der Waals surface area contributed by atoms with Gasteiger partial charge in [0, 0.05) is 42.8 Å². The lowest BCUT2D eigenvalue weighted by molar-refractivity contribution is -0.137. The largest absolute Gasteiger partial charge is 0.497 e. The highest BCUT2D eigenvalue weighted by Gasteiger charge is 2.31. The second-order valence-corrected chi connectivity index (χ2v) is 7.91. The Balaban J connectivity index is 1.33. The zero-order valence-corrected chi connectivity index (χ0v) is 18.6. The van der Waals surface area contributed by atoms with Gasteiger partial charge in [-0.05, 0) is 43.3 Å². The molecule has 4 rings (SSSR count). The molecule has 10 heteroatoms. The van der Waals surface area contributed by atoms with E-state index in [1.165, 1.54) is 18.1 Å². The molecule has 1 saturated heterocycles. The molecule has 7 nitrogen and oxygen atoms in total. The standard InChI is InChI=1S/C24H23F3N2O5/c1-15-19-13-18(32-2)6-7-20(19)34-22(15)23(31)33-14-21(30)29-10-8-28(9-11-29)17-5-3-4-16(12-17)24(25,26)27/h3-7,12-13H,8-11,14H2,1-2H3. The number of carbonyl (C=O) groups excluding carboxylic acids is 2. The average Bonchev–Trinajstić information content (AvgIpc) is 3.17. The monoisotopic (exact) mass is 476 g/mol. The van der Waals surface area contributed by atoms with Gasteiger partial charge in [-0.3, -0.25) is 4.79 Å². The number of furan rings is 1. The van der Waals surface area contributed by atoms with Gasteiger partial charge < -0.3 is 23.7 Å². The van der Waals surface area contributed by atoms with Crippen LogP contribution in [0.5, 0.6) is 5.75 Å². The summed E-state index contributed by atoms with van der Waals surface area (Å²) in [5.41, 5.74) is 0.823. The molecule has 0 unspecified atom stereocenters. The van der Waals surface area contributed by atoms with E-state index in [-0.39, 0.29) is 11.7 Å². The Morgan fingerprint density at radius 3 is 2.47 bits per heavy atom. The number of piperazine rings is 1. The van der Waals surface area contributed by atoms with E-state index in [1.54, 1.807) is 36.1 Å². The molecule has 2 aromatic carbocycles. The molecule has 0 atom stereocenters. The highest BCUT2D eigenvalue weighted by atomic mass is 19.4. The molecule has 1 aliphatic heterocycles. The summed E-state index contributed by atoms with van der Waals surface area (Å²) in [5.74, 6) is -0.489. The quantitative estimate of drug-likeness (QED) is 0.512. The van der Waals surface area contributed by atoms with Gasteiger partial charge >= 0.3 is 12.1 Å². The summed E-state index contributed by atoms with van der Waals surface area (Å²) in [7, 11) is 1.54. The summed E-state index contributed by atoms with van der Waals surface area (Å²) in [4.78, 5) is 28.4. The molecule has 3 aromatic rings. The molecule has 1 fully saturated rings. The van der Waals surface area contributed by atoms with Gasteiger partial charge in [0.15, 0.2) is 6.61 Å². The number of hydrogen-bond donors (Lipinski definition) is 0. The van der Waals surface area contributed by atoms with Gasteiger partial charge in [0.05, 0.1) is 12.7 Å². The van der Waals surface area contributed by atoms with Crippen LogP contribution in [0.25, 0.3) is 11.0 Å². The van der Waals surface area contributed by atoms with Gasteiger partial charge in [0.1, 0.15) is 11.3 Å². The number of fused-ring (bicyclic) bond motifs is 1. The molecule has 0 N–H and O–H groups in total. The van der Waals surface area contributed by atoms with Crippen molar-refractivity contribution >= 4 is 28.5 Å². The topological polar surface area (TPSA) is 72.2 Å². The Hall–Kier alpha value is -3.69. The number of esters is 1. The van der Waals surface area contributed by atoms with E-state index < -0.39 is 24.3 Å². The van der Waals surface area contributed by atoms with Gasteiger partial charge in [-0.2, -0.15) is 13.2 Å². The summed E-state index contributed by atoms with van der Waals surface area (Å²) >= 11 is 0. The van der Waals surface area contributed by atoms with Crippen molar-refractivity contribution in [2.24, 2.45) is 0 Å². The first-order valence-electron chi connectivity index (χ1n) is 10.6. The highest BCUT2D eigenvalue weighted by molar-refractivity contribution is 5.97. The van der Waals surface area contributed by atoms with Crippen LogP contribution in [-0.2, 0) is 15.7 Å². The van der Waals surface area contributed by atoms with E-state index in [4.69, 9.17) is 13.9 Å². The van der Waals surface area contributed by atoms with Crippen molar-refractivity contribution < 1.29 is 36.7 Å². The van der Waals surface area contributed by atoms with Gasteiger partial charge in [0.25, 0.3) is 5.91 Å². The van der Waals surface area contributed by atoms with Gasteiger partial charge in [-0.1, -0.05) is 6.07 Å². The van der Waals surface area contributed by atoms with E-state index in [2.05, 4.69) is 0 Å². The SMILES string of the molecule is COc1ccc2oc(C(=O)OCC(=O)N3CCN(c4cccc(C(F)(F)F)c4)CC3)c(C)c2c1. The molecule has 0 aliphatic carbocycles. The molecule has 0 radical (unpaired) electrons. The average molecular weight is 476 g/mol. The molecule has 1 amide bonds. The number of benzene rings is 2. The molecule has 34 heavy (non-hydrogen) atoms. The van der Waals surface area contributed by atoms with Crippen LogP contribution < -0.4 is 9.64 Å². The Labute approximate surface area is 193 Å². The normalized spacial score (nSPS) is 14.4. The van der Waals surface area contributed by atoms with Crippen LogP contribution in [0.15, 0.2) is 46.9 Å². The summed E-state index contributed by atoms with van der Waals surface area (Å²) in [5, 5.41) is 0.711. The maximum Gasteiger partial charge on any atom is 0.416 e. The minimum Gasteiger partial charge on any atom is -0.497 e. The Morgan fingerprint density at radius 1 is 1.06 bits per heavy atom. The van der Waals surface area contributed by atoms with Crippen LogP contribution in [0.3, 0.4) is 0 Å². The Morgan fingerprint density at radius 2 is 1.79 bits per heavy atom. The minimum atomic E-state index is -4.41. The van der Waals surface area contributed by atoms with E-state index in [1.807, 2.05) is 0 Å². The number of amides is 1. The molecule has 0 spiro atoms. The molecular weight excluding hydrogens is 453 g/mol. The number of anilines is 1. The van der Waals surface area contributed by atoms with Crippen molar-refractivity contribution in [1.82, 2.24) is 4.90 Å². The van der Waals surface area contributed by atoms with Crippen LogP contribution >= 0.6 is 0 Å². The summed E-state index contributed by atoms with van der Waals surface area (Å²) in [6, 6.07) is 10.3. The molecule has 180 valence electrons. The predicted octanol–water partition coefficient (Wildman–Crippen LogP) is 4.27. The fraction of sp³-hybridized carbons (Fsp3) is 0.333. The van der Waals surface area contributed by atoms with Crippen molar-refractivity contribution in [2.75, 3.05) is 44.8 Å². The van der Waals surface area contributed by atoms with E-state index in [9.17, 15) is 22.8 Å². The third-order valence-corrected chi connectivity index (χ3v) is 5.83. The maximum absolute atomic E-state index is 13.0. The summed E-state index contributed by atoms with van der Waals surface area (Å²) in [6.07, 6.45) is -4.41. The lowest BCUT2D eigenvalue weighted by Crippen LogP contribution is -2.50. The van der Waals surface area contributed by atoms with Crippen LogP contribution in [0.4, 0.5) is 18.9 Å². The van der Waals surface area contributed by atoms with Crippen molar-refractivity contribution in [3.05, 3.63) is 59.4 Å².